The summed E-state index contributed by atoms with van der Waals surface area (Å²) in [6, 6.07) is 15.3. The lowest BCUT2D eigenvalue weighted by atomic mass is 10.0. The molecule has 1 aliphatic rings. The fraction of sp³-hybridized carbons (Fsp3) is 0.412. The van der Waals surface area contributed by atoms with Crippen LogP contribution in [-0.4, -0.2) is 24.6 Å². The quantitative estimate of drug-likeness (QED) is 0.897. The number of piperidine rings is 1. The SMILES string of the molecule is NCC(NN1CCCCC1)c1ccc2ccccc2c1. The second kappa shape index (κ2) is 6.35. The molecular weight excluding hydrogens is 246 g/mol. The van der Waals surface area contributed by atoms with E-state index in [1.54, 1.807) is 0 Å². The van der Waals surface area contributed by atoms with Gasteiger partial charge in [0.1, 0.15) is 0 Å². The predicted octanol–water partition coefficient (Wildman–Crippen LogP) is 2.83. The maximum atomic E-state index is 5.98. The molecule has 1 saturated heterocycles. The van der Waals surface area contributed by atoms with Gasteiger partial charge in [-0.25, -0.2) is 10.4 Å². The predicted molar refractivity (Wildman–Crippen MR) is 84.3 cm³/mol. The lowest BCUT2D eigenvalue weighted by Crippen LogP contribution is -2.45. The molecule has 3 heteroatoms. The summed E-state index contributed by atoms with van der Waals surface area (Å²) < 4.78 is 0. The summed E-state index contributed by atoms with van der Waals surface area (Å²) in [6.45, 7) is 2.88. The van der Waals surface area contributed by atoms with Crippen LogP contribution in [0.1, 0.15) is 30.9 Å². The van der Waals surface area contributed by atoms with E-state index in [9.17, 15) is 0 Å². The number of hydrogen-bond donors (Lipinski definition) is 2. The van der Waals surface area contributed by atoms with Gasteiger partial charge in [-0.3, -0.25) is 0 Å². The molecule has 0 aromatic heterocycles. The minimum atomic E-state index is 0.206. The van der Waals surface area contributed by atoms with Gasteiger partial charge in [-0.1, -0.05) is 42.8 Å². The fourth-order valence-corrected chi connectivity index (χ4v) is 2.93. The number of nitrogens with two attached hydrogens (primary N) is 1. The van der Waals surface area contributed by atoms with Gasteiger partial charge < -0.3 is 5.73 Å². The Balaban J connectivity index is 1.79. The third-order valence-electron chi connectivity index (χ3n) is 4.11. The smallest absolute Gasteiger partial charge is 0.0587 e. The minimum absolute atomic E-state index is 0.206. The Morgan fingerprint density at radius 3 is 2.50 bits per heavy atom. The van der Waals surface area contributed by atoms with E-state index in [1.807, 2.05) is 0 Å². The zero-order valence-corrected chi connectivity index (χ0v) is 11.9. The van der Waals surface area contributed by atoms with Crippen molar-refractivity contribution in [3.05, 3.63) is 48.0 Å². The van der Waals surface area contributed by atoms with Crippen LogP contribution in [-0.2, 0) is 0 Å². The monoisotopic (exact) mass is 269 g/mol. The molecule has 2 aromatic rings. The maximum absolute atomic E-state index is 5.98. The van der Waals surface area contributed by atoms with Crippen LogP contribution >= 0.6 is 0 Å². The van der Waals surface area contributed by atoms with Crippen molar-refractivity contribution in [2.24, 2.45) is 5.73 Å². The van der Waals surface area contributed by atoms with E-state index in [1.165, 1.54) is 35.6 Å². The highest BCUT2D eigenvalue weighted by molar-refractivity contribution is 5.83. The molecule has 3 rings (SSSR count). The first kappa shape index (κ1) is 13.6. The molecule has 0 bridgehead atoms. The van der Waals surface area contributed by atoms with Crippen molar-refractivity contribution >= 4 is 10.8 Å². The first-order chi connectivity index (χ1) is 9.86. The highest BCUT2D eigenvalue weighted by Gasteiger charge is 2.16. The van der Waals surface area contributed by atoms with Gasteiger partial charge in [0.15, 0.2) is 0 Å². The van der Waals surface area contributed by atoms with Gasteiger partial charge in [-0.15, -0.1) is 0 Å². The molecule has 0 saturated carbocycles. The number of benzene rings is 2. The van der Waals surface area contributed by atoms with Crippen molar-refractivity contribution in [2.75, 3.05) is 19.6 Å². The van der Waals surface area contributed by atoms with Gasteiger partial charge >= 0.3 is 0 Å². The Bertz CT molecular complexity index is 561. The Kier molecular flexibility index (Phi) is 4.31. The van der Waals surface area contributed by atoms with Crippen LogP contribution in [0, 0.1) is 0 Å². The normalized spacial score (nSPS) is 18.2. The van der Waals surface area contributed by atoms with E-state index < -0.39 is 0 Å². The maximum Gasteiger partial charge on any atom is 0.0587 e. The first-order valence-corrected chi connectivity index (χ1v) is 7.57. The summed E-state index contributed by atoms with van der Waals surface area (Å²) >= 11 is 0. The molecule has 1 fully saturated rings. The van der Waals surface area contributed by atoms with Crippen molar-refractivity contribution in [2.45, 2.75) is 25.3 Å². The zero-order valence-electron chi connectivity index (χ0n) is 11.9. The standard InChI is InChI=1S/C17H23N3/c18-13-17(19-20-10-4-1-5-11-20)16-9-8-14-6-2-3-7-15(14)12-16/h2-3,6-9,12,17,19H,1,4-5,10-11,13,18H2. The summed E-state index contributed by atoms with van der Waals surface area (Å²) in [6.07, 6.45) is 3.91. The molecule has 20 heavy (non-hydrogen) atoms. The van der Waals surface area contributed by atoms with Crippen LogP contribution in [0.25, 0.3) is 10.8 Å². The molecule has 1 unspecified atom stereocenters. The third-order valence-corrected chi connectivity index (χ3v) is 4.11. The van der Waals surface area contributed by atoms with Gasteiger partial charge in [-0.2, -0.15) is 0 Å². The Hall–Kier alpha value is -1.42. The molecule has 1 aliphatic heterocycles. The minimum Gasteiger partial charge on any atom is -0.329 e. The molecule has 106 valence electrons. The van der Waals surface area contributed by atoms with Gasteiger partial charge in [0.05, 0.1) is 6.04 Å². The van der Waals surface area contributed by atoms with Crippen molar-refractivity contribution < 1.29 is 0 Å². The summed E-state index contributed by atoms with van der Waals surface area (Å²) in [5.74, 6) is 0. The van der Waals surface area contributed by atoms with E-state index >= 15 is 0 Å². The van der Waals surface area contributed by atoms with Crippen molar-refractivity contribution in [1.82, 2.24) is 10.4 Å². The molecule has 3 N–H and O–H groups in total. The lowest BCUT2D eigenvalue weighted by molar-refractivity contribution is 0.130. The number of fused-ring (bicyclic) bond motifs is 1. The third kappa shape index (κ3) is 3.01. The van der Waals surface area contributed by atoms with Crippen LogP contribution in [0.2, 0.25) is 0 Å². The number of nitrogens with one attached hydrogen (secondary N) is 1. The number of nitrogens with zero attached hydrogens (tertiary/aromatic N) is 1. The topological polar surface area (TPSA) is 41.3 Å². The molecule has 1 heterocycles. The Morgan fingerprint density at radius 1 is 1.00 bits per heavy atom. The molecular formula is C17H23N3. The average Bonchev–Trinajstić information content (AvgIpc) is 2.53. The lowest BCUT2D eigenvalue weighted by Gasteiger charge is -2.31. The largest absolute Gasteiger partial charge is 0.329 e. The van der Waals surface area contributed by atoms with Gasteiger partial charge in [0.2, 0.25) is 0 Å². The molecule has 0 radical (unpaired) electrons. The van der Waals surface area contributed by atoms with Crippen LogP contribution in [0.4, 0.5) is 0 Å². The number of hydrogen-bond acceptors (Lipinski definition) is 3. The van der Waals surface area contributed by atoms with E-state index in [0.717, 1.165) is 13.1 Å². The molecule has 3 nitrogen and oxygen atoms in total. The summed E-state index contributed by atoms with van der Waals surface area (Å²) in [5.41, 5.74) is 10.8. The van der Waals surface area contributed by atoms with Gasteiger partial charge in [0.25, 0.3) is 0 Å². The molecule has 0 amide bonds. The Labute approximate surface area is 120 Å². The van der Waals surface area contributed by atoms with Crippen molar-refractivity contribution in [3.63, 3.8) is 0 Å². The highest BCUT2D eigenvalue weighted by Crippen LogP contribution is 2.21. The summed E-state index contributed by atoms with van der Waals surface area (Å²) in [5, 5.41) is 4.89. The van der Waals surface area contributed by atoms with Crippen molar-refractivity contribution in [1.29, 1.82) is 0 Å². The number of hydrazine groups is 1. The molecule has 1 atom stereocenters. The van der Waals surface area contributed by atoms with Crippen LogP contribution in [0.15, 0.2) is 42.5 Å². The molecule has 2 aromatic carbocycles. The van der Waals surface area contributed by atoms with E-state index in [0.29, 0.717) is 6.54 Å². The van der Waals surface area contributed by atoms with E-state index in [4.69, 9.17) is 5.73 Å². The van der Waals surface area contributed by atoms with E-state index in [-0.39, 0.29) is 6.04 Å². The Morgan fingerprint density at radius 2 is 1.75 bits per heavy atom. The average molecular weight is 269 g/mol. The highest BCUT2D eigenvalue weighted by atomic mass is 15.5. The molecule has 0 aliphatic carbocycles. The van der Waals surface area contributed by atoms with Gasteiger partial charge in [0, 0.05) is 19.6 Å². The second-order valence-corrected chi connectivity index (χ2v) is 5.57. The zero-order chi connectivity index (χ0) is 13.8. The fourth-order valence-electron chi connectivity index (χ4n) is 2.93. The summed E-state index contributed by atoms with van der Waals surface area (Å²) in [4.78, 5) is 0. The van der Waals surface area contributed by atoms with Crippen molar-refractivity contribution in [3.8, 4) is 0 Å². The van der Waals surface area contributed by atoms with Crippen LogP contribution < -0.4 is 11.2 Å². The number of rotatable bonds is 4. The van der Waals surface area contributed by atoms with Crippen LogP contribution in [0.3, 0.4) is 0 Å². The first-order valence-electron chi connectivity index (χ1n) is 7.57. The second-order valence-electron chi connectivity index (χ2n) is 5.57. The molecule has 0 spiro atoms. The van der Waals surface area contributed by atoms with Gasteiger partial charge in [-0.05, 0) is 35.2 Å². The van der Waals surface area contributed by atoms with E-state index in [2.05, 4.69) is 52.9 Å². The summed E-state index contributed by atoms with van der Waals surface area (Å²) in [7, 11) is 0. The van der Waals surface area contributed by atoms with Crippen LogP contribution in [0.5, 0.6) is 0 Å².